The van der Waals surface area contributed by atoms with E-state index in [1.807, 2.05) is 0 Å². The number of nitrogen functional groups attached to an aromatic ring is 1. The quantitative estimate of drug-likeness (QED) is 0.332. The van der Waals surface area contributed by atoms with Crippen LogP contribution in [0.5, 0.6) is 0 Å². The van der Waals surface area contributed by atoms with Crippen molar-refractivity contribution in [2.24, 2.45) is 5.84 Å². The minimum absolute atomic E-state index is 0.0260. The minimum atomic E-state index is -0.783. The lowest BCUT2D eigenvalue weighted by molar-refractivity contribution is 0.102. The summed E-state index contributed by atoms with van der Waals surface area (Å²) in [4.78, 5) is 15.8. The first-order valence-corrected chi connectivity index (χ1v) is 6.68. The molecule has 0 saturated heterocycles. The van der Waals surface area contributed by atoms with Crippen molar-refractivity contribution >= 4 is 44.9 Å². The second-order valence-electron chi connectivity index (χ2n) is 3.91. The number of benzene rings is 1. The second kappa shape index (κ2) is 6.33. The molecule has 2 rings (SSSR count). The van der Waals surface area contributed by atoms with Gasteiger partial charge in [0.1, 0.15) is 22.6 Å². The van der Waals surface area contributed by atoms with Gasteiger partial charge >= 0.3 is 0 Å². The van der Waals surface area contributed by atoms with E-state index in [1.165, 1.54) is 12.1 Å². The fourth-order valence-electron chi connectivity index (χ4n) is 1.51. The van der Waals surface area contributed by atoms with Gasteiger partial charge in [0, 0.05) is 11.6 Å². The summed E-state index contributed by atoms with van der Waals surface area (Å²) in [7, 11) is 0. The fourth-order valence-corrected chi connectivity index (χ4v) is 2.04. The summed E-state index contributed by atoms with van der Waals surface area (Å²) in [6.07, 6.45) is 0. The molecule has 110 valence electrons. The zero-order valence-corrected chi connectivity index (χ0v) is 12.6. The molecule has 1 amide bonds. The van der Waals surface area contributed by atoms with Crippen LogP contribution in [0.1, 0.15) is 10.4 Å². The number of nitrogens with two attached hydrogens (primary N) is 1. The third-order valence-corrected chi connectivity index (χ3v) is 3.26. The number of rotatable bonds is 3. The van der Waals surface area contributed by atoms with Gasteiger partial charge in [0.15, 0.2) is 0 Å². The maximum atomic E-state index is 13.6. The first-order valence-electron chi connectivity index (χ1n) is 5.51. The van der Waals surface area contributed by atoms with Crippen LogP contribution in [-0.4, -0.2) is 10.9 Å². The topological polar surface area (TPSA) is 80.0 Å². The number of hydrogen-bond donors (Lipinski definition) is 3. The van der Waals surface area contributed by atoms with Crippen molar-refractivity contribution in [1.29, 1.82) is 0 Å². The predicted octanol–water partition coefficient (Wildman–Crippen LogP) is 3.31. The smallest absolute Gasteiger partial charge is 0.255 e. The number of hydrazine groups is 1. The number of halogens is 4. The van der Waals surface area contributed by atoms with E-state index in [-0.39, 0.29) is 26.7 Å². The fraction of sp³-hybridized carbons (Fsp3) is 0. The Balaban J connectivity index is 2.30. The summed E-state index contributed by atoms with van der Waals surface area (Å²) < 4.78 is 27.0. The van der Waals surface area contributed by atoms with Crippen LogP contribution in [0, 0.1) is 11.6 Å². The third kappa shape index (κ3) is 3.66. The van der Waals surface area contributed by atoms with Gasteiger partial charge in [0.25, 0.3) is 5.91 Å². The Morgan fingerprint density at radius 2 is 1.95 bits per heavy atom. The van der Waals surface area contributed by atoms with E-state index in [4.69, 9.17) is 17.4 Å². The highest BCUT2D eigenvalue weighted by molar-refractivity contribution is 9.10. The van der Waals surface area contributed by atoms with E-state index < -0.39 is 17.5 Å². The molecule has 0 aliphatic carbocycles. The van der Waals surface area contributed by atoms with Crippen molar-refractivity contribution < 1.29 is 13.6 Å². The molecule has 4 N–H and O–H groups in total. The van der Waals surface area contributed by atoms with Gasteiger partial charge < -0.3 is 10.7 Å². The molecule has 0 saturated carbocycles. The Bertz CT molecular complexity index is 714. The number of anilines is 2. The Morgan fingerprint density at radius 3 is 2.62 bits per heavy atom. The van der Waals surface area contributed by atoms with Gasteiger partial charge in [-0.05, 0) is 34.1 Å². The highest BCUT2D eigenvalue weighted by Gasteiger charge is 2.14. The Labute approximate surface area is 131 Å². The molecule has 21 heavy (non-hydrogen) atoms. The van der Waals surface area contributed by atoms with E-state index in [0.29, 0.717) is 0 Å². The van der Waals surface area contributed by atoms with Gasteiger partial charge in [-0.25, -0.2) is 19.6 Å². The van der Waals surface area contributed by atoms with Crippen LogP contribution in [-0.2, 0) is 0 Å². The van der Waals surface area contributed by atoms with Gasteiger partial charge in [0.05, 0.1) is 10.2 Å². The van der Waals surface area contributed by atoms with Crippen LogP contribution in [0.15, 0.2) is 28.7 Å². The van der Waals surface area contributed by atoms with Gasteiger partial charge in [-0.3, -0.25) is 4.79 Å². The van der Waals surface area contributed by atoms with Gasteiger partial charge in [-0.1, -0.05) is 11.6 Å². The predicted molar refractivity (Wildman–Crippen MR) is 79.1 cm³/mol. The van der Waals surface area contributed by atoms with E-state index in [1.54, 1.807) is 0 Å². The maximum Gasteiger partial charge on any atom is 0.255 e. The van der Waals surface area contributed by atoms with Crippen molar-refractivity contribution in [3.05, 3.63) is 51.1 Å². The molecule has 1 aromatic carbocycles. The summed E-state index contributed by atoms with van der Waals surface area (Å²) in [6.45, 7) is 0. The summed E-state index contributed by atoms with van der Waals surface area (Å²) in [5, 5.41) is 2.27. The van der Waals surface area contributed by atoms with E-state index in [2.05, 4.69) is 31.7 Å². The molecule has 1 heterocycles. The number of carbonyl (C=O) groups excluding carboxylic acids is 1. The molecule has 9 heteroatoms. The molecule has 0 aliphatic heterocycles. The normalized spacial score (nSPS) is 10.3. The standard InChI is InChI=1S/C12H8BrClF2N4O/c13-6-3-8(16)9(4-7(6)15)18-12(21)5-1-10(14)19-11(2-5)20-17/h1-4H,17H2,(H,18,21)(H,19,20). The summed E-state index contributed by atoms with van der Waals surface area (Å²) in [5.74, 6) is 3.17. The highest BCUT2D eigenvalue weighted by Crippen LogP contribution is 2.24. The monoisotopic (exact) mass is 376 g/mol. The van der Waals surface area contributed by atoms with Crippen molar-refractivity contribution in [2.75, 3.05) is 10.7 Å². The molecular weight excluding hydrogens is 370 g/mol. The van der Waals surface area contributed by atoms with Gasteiger partial charge in [-0.2, -0.15) is 0 Å². The zero-order valence-electron chi connectivity index (χ0n) is 10.3. The number of hydrogen-bond acceptors (Lipinski definition) is 4. The molecule has 0 aliphatic rings. The molecule has 0 bridgehead atoms. The lowest BCUT2D eigenvalue weighted by atomic mass is 10.2. The number of carbonyl (C=O) groups is 1. The first kappa shape index (κ1) is 15.6. The van der Waals surface area contributed by atoms with Crippen LogP contribution in [0.2, 0.25) is 5.15 Å². The molecule has 2 aromatic rings. The largest absolute Gasteiger partial charge is 0.319 e. The number of nitrogens with zero attached hydrogens (tertiary/aromatic N) is 1. The summed E-state index contributed by atoms with van der Waals surface area (Å²) >= 11 is 8.57. The van der Waals surface area contributed by atoms with Crippen molar-refractivity contribution in [1.82, 2.24) is 4.98 Å². The van der Waals surface area contributed by atoms with E-state index in [9.17, 15) is 13.6 Å². The van der Waals surface area contributed by atoms with Gasteiger partial charge in [-0.15, -0.1) is 0 Å². The minimum Gasteiger partial charge on any atom is -0.319 e. The van der Waals surface area contributed by atoms with Crippen molar-refractivity contribution in [3.8, 4) is 0 Å². The zero-order chi connectivity index (χ0) is 15.6. The third-order valence-electron chi connectivity index (χ3n) is 2.46. The molecule has 0 radical (unpaired) electrons. The maximum absolute atomic E-state index is 13.6. The Hall–Kier alpha value is -1.77. The molecule has 1 aromatic heterocycles. The van der Waals surface area contributed by atoms with Crippen LogP contribution in [0.3, 0.4) is 0 Å². The van der Waals surface area contributed by atoms with E-state index >= 15 is 0 Å². The number of amides is 1. The molecule has 0 unspecified atom stereocenters. The summed E-state index contributed by atoms with van der Waals surface area (Å²) in [5.41, 5.74) is 2.03. The second-order valence-corrected chi connectivity index (χ2v) is 5.15. The van der Waals surface area contributed by atoms with Crippen LogP contribution in [0.25, 0.3) is 0 Å². The summed E-state index contributed by atoms with van der Waals surface area (Å²) in [6, 6.07) is 4.36. The SMILES string of the molecule is NNc1cc(C(=O)Nc2cc(F)c(Br)cc2F)cc(Cl)n1. The molecule has 5 nitrogen and oxygen atoms in total. The lowest BCUT2D eigenvalue weighted by Crippen LogP contribution is -2.15. The number of pyridine rings is 1. The Kier molecular flexibility index (Phi) is 4.71. The Morgan fingerprint density at radius 1 is 1.24 bits per heavy atom. The van der Waals surface area contributed by atoms with Crippen LogP contribution in [0.4, 0.5) is 20.3 Å². The van der Waals surface area contributed by atoms with Crippen LogP contribution >= 0.6 is 27.5 Å². The number of aromatic nitrogens is 1. The first-order chi connectivity index (χ1) is 9.90. The molecule has 0 spiro atoms. The van der Waals surface area contributed by atoms with Crippen molar-refractivity contribution in [3.63, 3.8) is 0 Å². The number of nitrogens with one attached hydrogen (secondary N) is 2. The molecule has 0 fully saturated rings. The lowest BCUT2D eigenvalue weighted by Gasteiger charge is -2.09. The average molecular weight is 378 g/mol. The van der Waals surface area contributed by atoms with E-state index in [0.717, 1.165) is 12.1 Å². The average Bonchev–Trinajstić information content (AvgIpc) is 2.43. The van der Waals surface area contributed by atoms with Gasteiger partial charge in [0.2, 0.25) is 0 Å². The van der Waals surface area contributed by atoms with Crippen molar-refractivity contribution in [2.45, 2.75) is 0 Å². The van der Waals surface area contributed by atoms with Crippen LogP contribution < -0.4 is 16.6 Å². The molecule has 0 atom stereocenters. The molecular formula is C12H8BrClF2N4O. The highest BCUT2D eigenvalue weighted by atomic mass is 79.9.